The molecular formula is C23H21N3O2. The van der Waals surface area contributed by atoms with Crippen LogP contribution in [0.5, 0.6) is 0 Å². The van der Waals surface area contributed by atoms with Crippen molar-refractivity contribution in [1.29, 1.82) is 5.26 Å². The maximum absolute atomic E-state index is 12.7. The molecule has 28 heavy (non-hydrogen) atoms. The van der Waals surface area contributed by atoms with Gasteiger partial charge in [0.05, 0.1) is 24.9 Å². The fourth-order valence-corrected chi connectivity index (χ4v) is 3.53. The highest BCUT2D eigenvalue weighted by atomic mass is 16.5. The highest BCUT2D eigenvalue weighted by Gasteiger charge is 2.18. The largest absolute Gasteiger partial charge is 0.378 e. The Balaban J connectivity index is 1.69. The number of hydrogen-bond acceptors (Lipinski definition) is 3. The Morgan fingerprint density at radius 3 is 2.54 bits per heavy atom. The molecule has 0 saturated carbocycles. The highest BCUT2D eigenvalue weighted by Crippen LogP contribution is 2.26. The number of morpholine rings is 1. The molecule has 5 heteroatoms. The summed E-state index contributed by atoms with van der Waals surface area (Å²) in [5.74, 6) is 0.0862. The number of nitriles is 1. The molecule has 3 aromatic rings. The van der Waals surface area contributed by atoms with Crippen LogP contribution in [0, 0.1) is 11.3 Å². The van der Waals surface area contributed by atoms with Crippen LogP contribution >= 0.6 is 0 Å². The average molecular weight is 371 g/mol. The number of carbonyl (C=O) groups is 1. The van der Waals surface area contributed by atoms with Crippen LogP contribution in [-0.4, -0.2) is 41.7 Å². The van der Waals surface area contributed by atoms with Gasteiger partial charge >= 0.3 is 0 Å². The summed E-state index contributed by atoms with van der Waals surface area (Å²) in [4.78, 5) is 14.5. The molecule has 4 rings (SSSR count). The minimum Gasteiger partial charge on any atom is -0.378 e. The Morgan fingerprint density at radius 1 is 1.07 bits per heavy atom. The van der Waals surface area contributed by atoms with E-state index in [1.54, 1.807) is 0 Å². The number of benzene rings is 2. The second kappa shape index (κ2) is 8.12. The molecule has 1 aliphatic rings. The number of fused-ring (bicyclic) bond motifs is 1. The first-order valence-electron chi connectivity index (χ1n) is 9.37. The lowest BCUT2D eigenvalue weighted by Gasteiger charge is -2.27. The van der Waals surface area contributed by atoms with Gasteiger partial charge in [-0.25, -0.2) is 0 Å². The second-order valence-corrected chi connectivity index (χ2v) is 6.76. The van der Waals surface area contributed by atoms with Crippen LogP contribution in [0.2, 0.25) is 0 Å². The van der Waals surface area contributed by atoms with Crippen LogP contribution < -0.4 is 0 Å². The SMILES string of the molecule is N#C/C(=C/c1cn(CC(=O)N2CCOCC2)c2ccccc12)c1ccccc1. The zero-order chi connectivity index (χ0) is 19.3. The predicted molar refractivity (Wildman–Crippen MR) is 109 cm³/mol. The summed E-state index contributed by atoms with van der Waals surface area (Å²) in [5.41, 5.74) is 3.40. The third-order valence-electron chi connectivity index (χ3n) is 4.99. The smallest absolute Gasteiger partial charge is 0.242 e. The van der Waals surface area contributed by atoms with Gasteiger partial charge in [-0.2, -0.15) is 5.26 Å². The zero-order valence-corrected chi connectivity index (χ0v) is 15.5. The van der Waals surface area contributed by atoms with Crippen molar-refractivity contribution in [2.75, 3.05) is 26.3 Å². The maximum atomic E-state index is 12.7. The van der Waals surface area contributed by atoms with E-state index in [1.807, 2.05) is 76.3 Å². The summed E-state index contributed by atoms with van der Waals surface area (Å²) in [5, 5.41) is 10.7. The first-order chi connectivity index (χ1) is 13.8. The summed E-state index contributed by atoms with van der Waals surface area (Å²) < 4.78 is 7.30. The fourth-order valence-electron chi connectivity index (χ4n) is 3.53. The van der Waals surface area contributed by atoms with Crippen LogP contribution in [0.3, 0.4) is 0 Å². The van der Waals surface area contributed by atoms with Crippen molar-refractivity contribution in [3.8, 4) is 6.07 Å². The first-order valence-corrected chi connectivity index (χ1v) is 9.37. The van der Waals surface area contributed by atoms with Gasteiger partial charge in [-0.3, -0.25) is 4.79 Å². The van der Waals surface area contributed by atoms with Gasteiger partial charge in [-0.1, -0.05) is 48.5 Å². The number of rotatable bonds is 4. The Morgan fingerprint density at radius 2 is 1.79 bits per heavy atom. The fraction of sp³-hybridized carbons (Fsp3) is 0.217. The molecule has 1 amide bonds. The number of aromatic nitrogens is 1. The molecular weight excluding hydrogens is 350 g/mol. The van der Waals surface area contributed by atoms with Gasteiger partial charge < -0.3 is 14.2 Å². The first kappa shape index (κ1) is 18.0. The van der Waals surface area contributed by atoms with Crippen molar-refractivity contribution in [2.24, 2.45) is 0 Å². The van der Waals surface area contributed by atoms with E-state index in [4.69, 9.17) is 4.74 Å². The number of nitrogens with zero attached hydrogens (tertiary/aromatic N) is 3. The van der Waals surface area contributed by atoms with E-state index in [9.17, 15) is 10.1 Å². The van der Waals surface area contributed by atoms with Crippen molar-refractivity contribution in [3.05, 3.63) is 71.9 Å². The lowest BCUT2D eigenvalue weighted by atomic mass is 10.0. The second-order valence-electron chi connectivity index (χ2n) is 6.76. The molecule has 0 spiro atoms. The molecule has 1 aliphatic heterocycles. The van der Waals surface area contributed by atoms with Crippen LogP contribution in [0.4, 0.5) is 0 Å². The molecule has 0 aliphatic carbocycles. The Bertz CT molecular complexity index is 1050. The van der Waals surface area contributed by atoms with E-state index < -0.39 is 0 Å². The molecule has 5 nitrogen and oxygen atoms in total. The minimum absolute atomic E-state index is 0.0862. The average Bonchev–Trinajstić information content (AvgIpc) is 3.10. The predicted octanol–water partition coefficient (Wildman–Crippen LogP) is 3.56. The standard InChI is InChI=1S/C23H21N3O2/c24-15-19(18-6-2-1-3-7-18)14-20-16-26(22-9-5-4-8-21(20)22)17-23(27)25-10-12-28-13-11-25/h1-9,14,16H,10-13,17H2/b19-14-. The van der Waals surface area contributed by atoms with E-state index in [1.165, 1.54) is 0 Å². The van der Waals surface area contributed by atoms with Crippen molar-refractivity contribution in [3.63, 3.8) is 0 Å². The molecule has 0 radical (unpaired) electrons. The normalized spacial score (nSPS) is 14.8. The van der Waals surface area contributed by atoms with E-state index in [0.717, 1.165) is 22.0 Å². The summed E-state index contributed by atoms with van der Waals surface area (Å²) >= 11 is 0. The van der Waals surface area contributed by atoms with Gasteiger partial charge in [0.2, 0.25) is 5.91 Å². The Labute approximate surface area is 164 Å². The van der Waals surface area contributed by atoms with E-state index in [-0.39, 0.29) is 12.5 Å². The van der Waals surface area contributed by atoms with Gasteiger partial charge in [0.15, 0.2) is 0 Å². The van der Waals surface area contributed by atoms with Crippen LogP contribution in [0.1, 0.15) is 11.1 Å². The summed E-state index contributed by atoms with van der Waals surface area (Å²) in [6.07, 6.45) is 3.86. The van der Waals surface area contributed by atoms with E-state index in [0.29, 0.717) is 31.9 Å². The molecule has 0 atom stereocenters. The minimum atomic E-state index is 0.0862. The van der Waals surface area contributed by atoms with Crippen molar-refractivity contribution in [1.82, 2.24) is 9.47 Å². The van der Waals surface area contributed by atoms with Gasteiger partial charge in [-0.15, -0.1) is 0 Å². The number of carbonyl (C=O) groups excluding carboxylic acids is 1. The molecule has 0 N–H and O–H groups in total. The summed E-state index contributed by atoms with van der Waals surface area (Å²) in [6, 6.07) is 19.9. The van der Waals surface area contributed by atoms with Crippen molar-refractivity contribution >= 4 is 28.5 Å². The number of allylic oxidation sites excluding steroid dienone is 1. The molecule has 2 heterocycles. The lowest BCUT2D eigenvalue weighted by Crippen LogP contribution is -2.42. The van der Waals surface area contributed by atoms with Gasteiger partial charge in [0, 0.05) is 35.8 Å². The van der Waals surface area contributed by atoms with E-state index >= 15 is 0 Å². The molecule has 1 aromatic heterocycles. The van der Waals surface area contributed by atoms with Gasteiger partial charge in [0.1, 0.15) is 6.54 Å². The van der Waals surface area contributed by atoms with Crippen molar-refractivity contribution < 1.29 is 9.53 Å². The lowest BCUT2D eigenvalue weighted by molar-refractivity contribution is -0.135. The number of para-hydroxylation sites is 1. The third kappa shape index (κ3) is 3.68. The van der Waals surface area contributed by atoms with Crippen LogP contribution in [-0.2, 0) is 16.1 Å². The van der Waals surface area contributed by atoms with Gasteiger partial charge in [0.25, 0.3) is 0 Å². The quantitative estimate of drug-likeness (QED) is 0.659. The van der Waals surface area contributed by atoms with E-state index in [2.05, 4.69) is 6.07 Å². The monoisotopic (exact) mass is 371 g/mol. The Kier molecular flexibility index (Phi) is 5.22. The highest BCUT2D eigenvalue weighted by molar-refractivity contribution is 5.98. The summed E-state index contributed by atoms with van der Waals surface area (Å²) in [7, 11) is 0. The molecule has 1 fully saturated rings. The molecule has 0 bridgehead atoms. The third-order valence-corrected chi connectivity index (χ3v) is 4.99. The van der Waals surface area contributed by atoms with Gasteiger partial charge in [-0.05, 0) is 17.7 Å². The van der Waals surface area contributed by atoms with Crippen LogP contribution in [0.15, 0.2) is 60.8 Å². The number of amides is 1. The molecule has 140 valence electrons. The molecule has 2 aromatic carbocycles. The Hall–Kier alpha value is -3.36. The zero-order valence-electron chi connectivity index (χ0n) is 15.5. The molecule has 0 unspecified atom stereocenters. The molecule has 1 saturated heterocycles. The number of hydrogen-bond donors (Lipinski definition) is 0. The summed E-state index contributed by atoms with van der Waals surface area (Å²) in [6.45, 7) is 2.74. The number of ether oxygens (including phenoxy) is 1. The maximum Gasteiger partial charge on any atom is 0.242 e. The van der Waals surface area contributed by atoms with Crippen molar-refractivity contribution in [2.45, 2.75) is 6.54 Å². The van der Waals surface area contributed by atoms with Crippen LogP contribution in [0.25, 0.3) is 22.6 Å². The topological polar surface area (TPSA) is 58.3 Å².